The maximum absolute atomic E-state index is 14.9. The van der Waals surface area contributed by atoms with Gasteiger partial charge in [0.15, 0.2) is 9.84 Å². The van der Waals surface area contributed by atoms with Gasteiger partial charge in [-0.05, 0) is 142 Å². The minimum Gasteiger partial charge on any atom is -0.223 e. The van der Waals surface area contributed by atoms with Gasteiger partial charge in [0, 0.05) is 5.41 Å². The molecule has 5 aromatic rings. The zero-order valence-corrected chi connectivity index (χ0v) is 33.1. The first kappa shape index (κ1) is 34.7. The number of allylic oxidation sites excluding steroid dienone is 5. The van der Waals surface area contributed by atoms with Gasteiger partial charge in [-0.3, -0.25) is 0 Å². The molecule has 6 unspecified atom stereocenters. The summed E-state index contributed by atoms with van der Waals surface area (Å²) in [7, 11) is -3.62. The van der Waals surface area contributed by atoms with Crippen molar-refractivity contribution < 1.29 is 8.42 Å². The number of rotatable bonds is 7. The lowest BCUT2D eigenvalue weighted by Crippen LogP contribution is -2.35. The third kappa shape index (κ3) is 4.45. The van der Waals surface area contributed by atoms with Crippen LogP contribution in [0.4, 0.5) is 0 Å². The SMILES string of the molecule is C=CC1=C(/C=C\C)c2ccccc2C12c1ccccc1C(CCC(C)S(=O)(=O)c1ccc3c(c1)C1(c4ccccc4-c4ccccc41)C1CCCCC31)C2C. The average molecular weight is 739 g/mol. The zero-order chi connectivity index (χ0) is 37.7. The molecule has 5 aliphatic carbocycles. The predicted molar refractivity (Wildman–Crippen MR) is 226 cm³/mol. The fourth-order valence-corrected chi connectivity index (χ4v) is 14.2. The summed E-state index contributed by atoms with van der Waals surface area (Å²) in [6, 6.07) is 41.9. The molecule has 0 heterocycles. The van der Waals surface area contributed by atoms with Crippen LogP contribution in [0.5, 0.6) is 0 Å². The maximum Gasteiger partial charge on any atom is 0.180 e. The van der Waals surface area contributed by atoms with Gasteiger partial charge in [0.1, 0.15) is 0 Å². The molecule has 0 radical (unpaired) electrons. The smallest absolute Gasteiger partial charge is 0.180 e. The second-order valence-electron chi connectivity index (χ2n) is 16.9. The minimum atomic E-state index is -3.62. The van der Waals surface area contributed by atoms with Gasteiger partial charge in [-0.1, -0.05) is 148 Å². The van der Waals surface area contributed by atoms with Crippen LogP contribution >= 0.6 is 0 Å². The van der Waals surface area contributed by atoms with Gasteiger partial charge in [-0.2, -0.15) is 0 Å². The predicted octanol–water partition coefficient (Wildman–Crippen LogP) is 12.5. The highest BCUT2D eigenvalue weighted by Gasteiger charge is 2.59. The molecular formula is C52H50O2S. The van der Waals surface area contributed by atoms with Crippen LogP contribution in [0.1, 0.15) is 116 Å². The highest BCUT2D eigenvalue weighted by molar-refractivity contribution is 7.92. The Morgan fingerprint density at radius 2 is 1.33 bits per heavy atom. The highest BCUT2D eigenvalue weighted by Crippen LogP contribution is 2.68. The van der Waals surface area contributed by atoms with Crippen molar-refractivity contribution in [3.8, 4) is 11.1 Å². The Kier molecular flexibility index (Phi) is 7.99. The summed E-state index contributed by atoms with van der Waals surface area (Å²) in [6.07, 6.45) is 12.6. The summed E-state index contributed by atoms with van der Waals surface area (Å²) in [5.74, 6) is 1.30. The number of hydrogen-bond donors (Lipinski definition) is 0. The van der Waals surface area contributed by atoms with Crippen molar-refractivity contribution in [2.45, 2.75) is 92.1 Å². The topological polar surface area (TPSA) is 34.1 Å². The van der Waals surface area contributed by atoms with Gasteiger partial charge in [0.05, 0.1) is 15.6 Å². The Morgan fingerprint density at radius 3 is 2.00 bits per heavy atom. The molecule has 6 atom stereocenters. The van der Waals surface area contributed by atoms with Crippen LogP contribution < -0.4 is 0 Å². The normalized spacial score (nSPS) is 25.8. The molecule has 55 heavy (non-hydrogen) atoms. The van der Waals surface area contributed by atoms with Crippen LogP contribution in [0.3, 0.4) is 0 Å². The second kappa shape index (κ2) is 12.6. The lowest BCUT2D eigenvalue weighted by Gasteiger charge is -2.39. The summed E-state index contributed by atoms with van der Waals surface area (Å²) in [5, 5.41) is -0.520. The van der Waals surface area contributed by atoms with Crippen molar-refractivity contribution in [1.29, 1.82) is 0 Å². The fourth-order valence-electron chi connectivity index (χ4n) is 12.7. The Hall–Kier alpha value is -4.73. The van der Waals surface area contributed by atoms with Crippen molar-refractivity contribution in [2.75, 3.05) is 0 Å². The minimum absolute atomic E-state index is 0.208. The van der Waals surface area contributed by atoms with E-state index in [0.29, 0.717) is 23.2 Å². The molecule has 0 N–H and O–H groups in total. The molecule has 0 aromatic heterocycles. The molecule has 0 bridgehead atoms. The quantitative estimate of drug-likeness (QED) is 0.167. The Balaban J connectivity index is 1.02. The molecule has 10 rings (SSSR count). The highest BCUT2D eigenvalue weighted by atomic mass is 32.2. The lowest BCUT2D eigenvalue weighted by atomic mass is 9.63. The van der Waals surface area contributed by atoms with Crippen LogP contribution in [-0.4, -0.2) is 13.7 Å². The van der Waals surface area contributed by atoms with Gasteiger partial charge in [0.25, 0.3) is 0 Å². The first-order chi connectivity index (χ1) is 26.8. The molecule has 1 fully saturated rings. The van der Waals surface area contributed by atoms with E-state index in [1.807, 2.05) is 13.0 Å². The molecule has 5 aliphatic rings. The average Bonchev–Trinajstić information content (AvgIpc) is 3.88. The first-order valence-corrected chi connectivity index (χ1v) is 22.1. The van der Waals surface area contributed by atoms with E-state index in [-0.39, 0.29) is 22.7 Å². The summed E-state index contributed by atoms with van der Waals surface area (Å²) >= 11 is 0. The van der Waals surface area contributed by atoms with Crippen molar-refractivity contribution in [3.05, 3.63) is 190 Å². The van der Waals surface area contributed by atoms with Crippen molar-refractivity contribution in [1.82, 2.24) is 0 Å². The molecule has 2 spiro atoms. The molecule has 276 valence electrons. The Bertz CT molecular complexity index is 2520. The summed E-state index contributed by atoms with van der Waals surface area (Å²) in [6.45, 7) is 10.8. The van der Waals surface area contributed by atoms with Gasteiger partial charge in [0.2, 0.25) is 0 Å². The van der Waals surface area contributed by atoms with Crippen molar-refractivity contribution in [3.63, 3.8) is 0 Å². The number of fused-ring (bicyclic) bond motifs is 14. The Morgan fingerprint density at radius 1 is 0.727 bits per heavy atom. The lowest BCUT2D eigenvalue weighted by molar-refractivity contribution is 0.265. The number of benzene rings is 5. The van der Waals surface area contributed by atoms with E-state index < -0.39 is 15.1 Å². The van der Waals surface area contributed by atoms with E-state index in [1.54, 1.807) is 0 Å². The summed E-state index contributed by atoms with van der Waals surface area (Å²) in [5.41, 5.74) is 15.1. The van der Waals surface area contributed by atoms with Crippen LogP contribution in [0.15, 0.2) is 151 Å². The van der Waals surface area contributed by atoms with E-state index in [9.17, 15) is 8.42 Å². The largest absolute Gasteiger partial charge is 0.223 e. The molecule has 2 nitrogen and oxygen atoms in total. The number of hydrogen-bond acceptors (Lipinski definition) is 2. The van der Waals surface area contributed by atoms with E-state index in [2.05, 4.69) is 148 Å². The molecular weight excluding hydrogens is 689 g/mol. The van der Waals surface area contributed by atoms with Crippen LogP contribution in [0.2, 0.25) is 0 Å². The first-order valence-electron chi connectivity index (χ1n) is 20.6. The molecule has 0 amide bonds. The third-order valence-electron chi connectivity index (χ3n) is 14.9. The van der Waals surface area contributed by atoms with Crippen LogP contribution in [-0.2, 0) is 20.7 Å². The van der Waals surface area contributed by atoms with Gasteiger partial charge >= 0.3 is 0 Å². The molecule has 3 heteroatoms. The van der Waals surface area contributed by atoms with E-state index in [4.69, 9.17) is 0 Å². The zero-order valence-electron chi connectivity index (χ0n) is 32.3. The molecule has 5 aromatic carbocycles. The maximum atomic E-state index is 14.9. The van der Waals surface area contributed by atoms with Crippen molar-refractivity contribution >= 4 is 15.4 Å². The monoisotopic (exact) mass is 738 g/mol. The van der Waals surface area contributed by atoms with Gasteiger partial charge in [-0.25, -0.2) is 8.42 Å². The van der Waals surface area contributed by atoms with E-state index in [0.717, 1.165) is 19.3 Å². The molecule has 0 aliphatic heterocycles. The Labute approximate surface area is 327 Å². The van der Waals surface area contributed by atoms with E-state index in [1.165, 1.54) is 79.6 Å². The molecule has 0 saturated heterocycles. The second-order valence-corrected chi connectivity index (χ2v) is 19.3. The van der Waals surface area contributed by atoms with Crippen molar-refractivity contribution in [2.24, 2.45) is 11.8 Å². The van der Waals surface area contributed by atoms with E-state index >= 15 is 0 Å². The fraction of sp³-hybridized carbons (Fsp3) is 0.308. The summed E-state index contributed by atoms with van der Waals surface area (Å²) < 4.78 is 29.7. The van der Waals surface area contributed by atoms with Gasteiger partial charge in [-0.15, -0.1) is 0 Å². The van der Waals surface area contributed by atoms with Gasteiger partial charge < -0.3 is 0 Å². The summed E-state index contributed by atoms with van der Waals surface area (Å²) in [4.78, 5) is 0.479. The third-order valence-corrected chi connectivity index (χ3v) is 17.1. The van der Waals surface area contributed by atoms with Crippen LogP contribution in [0.25, 0.3) is 16.7 Å². The number of sulfone groups is 1. The molecule has 1 saturated carbocycles. The van der Waals surface area contributed by atoms with Crippen LogP contribution in [0, 0.1) is 11.8 Å². The standard InChI is InChI=1S/C52H50O2S/c1-5-17-37-39-19-8-13-24-46(39)51(44(37)6-2)34(4)36(38-18-7-12-23-45(38)51)30-28-33(3)55(53,54)35-29-31-43-42-22-11-16-27-49(42)52(50(43)32-35)47-25-14-9-20-40(47)41-21-10-15-26-48(41)52/h5-10,12-15,17-21,23-26,29,31-34,36,42,49H,2,11,16,22,27-28,30H2,1,3-4H3/b17-5-.